The smallest absolute Gasteiger partial charge is 0.267 e. The molecule has 0 fully saturated rings. The number of nitrogens with one attached hydrogen (secondary N) is 2. The second-order valence-electron chi connectivity index (χ2n) is 5.19. The molecule has 0 aliphatic carbocycles. The summed E-state index contributed by atoms with van der Waals surface area (Å²) in [4.78, 5) is 19.3. The van der Waals surface area contributed by atoms with Gasteiger partial charge >= 0.3 is 0 Å². The normalized spacial score (nSPS) is 10.7. The maximum absolute atomic E-state index is 12.0. The van der Waals surface area contributed by atoms with E-state index in [1.54, 1.807) is 18.5 Å². The van der Waals surface area contributed by atoms with Gasteiger partial charge in [0.1, 0.15) is 11.5 Å². The third-order valence-electron chi connectivity index (χ3n) is 3.52. The Morgan fingerprint density at radius 1 is 1.30 bits per heavy atom. The molecule has 23 heavy (non-hydrogen) atoms. The van der Waals surface area contributed by atoms with Crippen LogP contribution in [0.3, 0.4) is 0 Å². The Labute approximate surface area is 142 Å². The second kappa shape index (κ2) is 7.28. The number of nitrogens with zero attached hydrogens (tertiary/aromatic N) is 2. The molecule has 0 atom stereocenters. The Balaban J connectivity index is 1.55. The van der Waals surface area contributed by atoms with Gasteiger partial charge in [-0.05, 0) is 27.6 Å². The summed E-state index contributed by atoms with van der Waals surface area (Å²) in [5, 5.41) is 2.90. The number of hydrogen-bond acceptors (Lipinski definition) is 2. The molecule has 1 amide bonds. The van der Waals surface area contributed by atoms with Gasteiger partial charge in [-0.25, -0.2) is 4.98 Å². The molecule has 0 spiro atoms. The number of carbonyl (C=O) groups excluding carboxylic acids is 1. The van der Waals surface area contributed by atoms with Crippen molar-refractivity contribution >= 4 is 21.8 Å². The number of aromatic nitrogens is 3. The highest BCUT2D eigenvalue weighted by Crippen LogP contribution is 2.10. The van der Waals surface area contributed by atoms with E-state index in [2.05, 4.69) is 47.9 Å². The van der Waals surface area contributed by atoms with E-state index in [1.807, 2.05) is 24.4 Å². The van der Waals surface area contributed by atoms with Crippen molar-refractivity contribution in [3.8, 4) is 0 Å². The van der Waals surface area contributed by atoms with Crippen LogP contribution in [-0.2, 0) is 13.0 Å². The number of aromatic amines is 1. The van der Waals surface area contributed by atoms with Crippen molar-refractivity contribution in [2.24, 2.45) is 0 Å². The lowest BCUT2D eigenvalue weighted by molar-refractivity contribution is 0.0949. The van der Waals surface area contributed by atoms with E-state index in [0.29, 0.717) is 18.7 Å². The molecule has 3 rings (SSSR count). The van der Waals surface area contributed by atoms with Crippen LogP contribution in [0.1, 0.15) is 21.9 Å². The number of carbonyl (C=O) groups is 1. The lowest BCUT2D eigenvalue weighted by atomic mass is 10.2. The van der Waals surface area contributed by atoms with Crippen LogP contribution in [0.2, 0.25) is 0 Å². The molecule has 2 heterocycles. The molecule has 5 nitrogen and oxygen atoms in total. The first-order valence-electron chi connectivity index (χ1n) is 7.38. The number of benzene rings is 1. The largest absolute Gasteiger partial charge is 0.356 e. The molecule has 1 aromatic carbocycles. The lowest BCUT2D eigenvalue weighted by Gasteiger charge is -2.08. The van der Waals surface area contributed by atoms with Crippen LogP contribution in [0.15, 0.2) is 59.5 Å². The first-order chi connectivity index (χ1) is 11.2. The molecule has 6 heteroatoms. The number of H-pyrrole nitrogens is 1. The average molecular weight is 373 g/mol. The number of amides is 1. The topological polar surface area (TPSA) is 62.7 Å². The van der Waals surface area contributed by atoms with Crippen molar-refractivity contribution in [2.75, 3.05) is 6.54 Å². The number of imidazole rings is 1. The fourth-order valence-electron chi connectivity index (χ4n) is 2.37. The van der Waals surface area contributed by atoms with Gasteiger partial charge in [0.05, 0.1) is 0 Å². The summed E-state index contributed by atoms with van der Waals surface area (Å²) in [6, 6.07) is 12.0. The van der Waals surface area contributed by atoms with Gasteiger partial charge in [-0.2, -0.15) is 0 Å². The average Bonchev–Trinajstić information content (AvgIpc) is 3.18. The summed E-state index contributed by atoms with van der Waals surface area (Å²) in [5.41, 5.74) is 1.77. The molecule has 0 saturated heterocycles. The van der Waals surface area contributed by atoms with Crippen molar-refractivity contribution < 1.29 is 4.79 Å². The van der Waals surface area contributed by atoms with E-state index in [4.69, 9.17) is 0 Å². The van der Waals surface area contributed by atoms with Gasteiger partial charge in [-0.15, -0.1) is 0 Å². The van der Waals surface area contributed by atoms with E-state index >= 15 is 0 Å². The zero-order valence-corrected chi connectivity index (χ0v) is 14.1. The van der Waals surface area contributed by atoms with Crippen molar-refractivity contribution in [2.45, 2.75) is 13.0 Å². The fourth-order valence-corrected chi connectivity index (χ4v) is 2.72. The predicted molar refractivity (Wildman–Crippen MR) is 92.3 cm³/mol. The first kappa shape index (κ1) is 15.6. The van der Waals surface area contributed by atoms with Crippen molar-refractivity contribution in [1.82, 2.24) is 19.9 Å². The SMILES string of the molecule is O=C(NCCc1nccn1Cc1ccccc1)c1cc(Br)c[nH]1. The van der Waals surface area contributed by atoms with Gasteiger partial charge in [0.25, 0.3) is 5.91 Å². The van der Waals surface area contributed by atoms with Gasteiger partial charge in [0, 0.05) is 42.6 Å². The summed E-state index contributed by atoms with van der Waals surface area (Å²) in [6.45, 7) is 1.33. The summed E-state index contributed by atoms with van der Waals surface area (Å²) < 4.78 is 2.97. The molecule has 0 bridgehead atoms. The maximum Gasteiger partial charge on any atom is 0.267 e. The van der Waals surface area contributed by atoms with E-state index in [9.17, 15) is 4.79 Å². The molecule has 0 aliphatic heterocycles. The van der Waals surface area contributed by atoms with E-state index in [0.717, 1.165) is 16.8 Å². The molecular weight excluding hydrogens is 356 g/mol. The molecule has 0 radical (unpaired) electrons. The Kier molecular flexibility index (Phi) is 4.92. The number of rotatable bonds is 6. The fraction of sp³-hybridized carbons (Fsp3) is 0.176. The summed E-state index contributed by atoms with van der Waals surface area (Å²) in [7, 11) is 0. The van der Waals surface area contributed by atoms with E-state index < -0.39 is 0 Å². The lowest BCUT2D eigenvalue weighted by Crippen LogP contribution is -2.26. The molecule has 0 unspecified atom stereocenters. The molecule has 2 aromatic heterocycles. The minimum atomic E-state index is -0.114. The Bertz CT molecular complexity index is 779. The van der Waals surface area contributed by atoms with E-state index in [1.165, 1.54) is 5.56 Å². The van der Waals surface area contributed by atoms with Crippen LogP contribution in [0.4, 0.5) is 0 Å². The highest BCUT2D eigenvalue weighted by molar-refractivity contribution is 9.10. The van der Waals surface area contributed by atoms with Crippen molar-refractivity contribution in [1.29, 1.82) is 0 Å². The van der Waals surface area contributed by atoms with Gasteiger partial charge in [-0.3, -0.25) is 4.79 Å². The van der Waals surface area contributed by atoms with Crippen LogP contribution < -0.4 is 5.32 Å². The van der Waals surface area contributed by atoms with Gasteiger partial charge in [0.2, 0.25) is 0 Å². The predicted octanol–water partition coefficient (Wildman–Crippen LogP) is 2.99. The minimum absolute atomic E-state index is 0.114. The van der Waals surface area contributed by atoms with Gasteiger partial charge < -0.3 is 14.9 Å². The quantitative estimate of drug-likeness (QED) is 0.698. The zero-order valence-electron chi connectivity index (χ0n) is 12.5. The monoisotopic (exact) mass is 372 g/mol. The van der Waals surface area contributed by atoms with Crippen LogP contribution in [0.25, 0.3) is 0 Å². The number of hydrogen-bond donors (Lipinski definition) is 2. The third-order valence-corrected chi connectivity index (χ3v) is 3.98. The van der Waals surface area contributed by atoms with Crippen LogP contribution >= 0.6 is 15.9 Å². The molecule has 0 saturated carbocycles. The Morgan fingerprint density at radius 3 is 2.87 bits per heavy atom. The third kappa shape index (κ3) is 4.10. The first-order valence-corrected chi connectivity index (χ1v) is 8.18. The minimum Gasteiger partial charge on any atom is -0.356 e. The van der Waals surface area contributed by atoms with E-state index in [-0.39, 0.29) is 5.91 Å². The van der Waals surface area contributed by atoms with Crippen LogP contribution in [0.5, 0.6) is 0 Å². The molecule has 118 valence electrons. The summed E-state index contributed by atoms with van der Waals surface area (Å²) in [5.74, 6) is 0.846. The highest BCUT2D eigenvalue weighted by Gasteiger charge is 2.08. The van der Waals surface area contributed by atoms with Gasteiger partial charge in [-0.1, -0.05) is 30.3 Å². The second-order valence-corrected chi connectivity index (χ2v) is 6.11. The standard InChI is InChI=1S/C17H17BrN4O/c18-14-10-15(21-11-14)17(23)20-7-6-16-19-8-9-22(16)12-13-4-2-1-3-5-13/h1-5,8-11,21H,6-7,12H2,(H,20,23). The Hall–Kier alpha value is -2.34. The van der Waals surface area contributed by atoms with Crippen molar-refractivity contribution in [3.05, 3.63) is 76.5 Å². The summed E-state index contributed by atoms with van der Waals surface area (Å²) >= 11 is 3.32. The Morgan fingerprint density at radius 2 is 2.13 bits per heavy atom. The van der Waals surface area contributed by atoms with Crippen LogP contribution in [0, 0.1) is 0 Å². The molecule has 2 N–H and O–H groups in total. The maximum atomic E-state index is 12.0. The number of halogens is 1. The highest BCUT2D eigenvalue weighted by atomic mass is 79.9. The van der Waals surface area contributed by atoms with Crippen molar-refractivity contribution in [3.63, 3.8) is 0 Å². The zero-order chi connectivity index (χ0) is 16.1. The molecular formula is C17H17BrN4O. The summed E-state index contributed by atoms with van der Waals surface area (Å²) in [6.07, 6.45) is 6.18. The van der Waals surface area contributed by atoms with Gasteiger partial charge in [0.15, 0.2) is 0 Å². The van der Waals surface area contributed by atoms with Crippen LogP contribution in [-0.4, -0.2) is 27.0 Å². The molecule has 0 aliphatic rings. The molecule has 3 aromatic rings.